The van der Waals surface area contributed by atoms with Gasteiger partial charge < -0.3 is 29.0 Å². The lowest BCUT2D eigenvalue weighted by atomic mass is 9.98. The van der Waals surface area contributed by atoms with Crippen LogP contribution in [-0.4, -0.2) is 89.8 Å². The fourth-order valence-electron chi connectivity index (χ4n) is 5.59. The topological polar surface area (TPSA) is 119 Å². The third kappa shape index (κ3) is 7.00. The Morgan fingerprint density at radius 1 is 1.09 bits per heavy atom. The van der Waals surface area contributed by atoms with Crippen molar-refractivity contribution in [1.29, 1.82) is 0 Å². The van der Waals surface area contributed by atoms with Crippen LogP contribution in [0.5, 0.6) is 6.01 Å². The zero-order valence-electron chi connectivity index (χ0n) is 24.0. The molecule has 2 atom stereocenters. The number of carbonyl (C=O) groups excluding carboxylic acids is 1. The maximum Gasteiger partial charge on any atom is 0.335 e. The van der Waals surface area contributed by atoms with Crippen molar-refractivity contribution in [3.05, 3.63) is 65.2 Å². The van der Waals surface area contributed by atoms with Gasteiger partial charge in [-0.1, -0.05) is 60.1 Å². The number of aliphatic hydroxyl groups is 1. The molecule has 4 heterocycles. The summed E-state index contributed by atoms with van der Waals surface area (Å²) in [7, 11) is 1.35. The Kier molecular flexibility index (Phi) is 9.20. The Balaban J connectivity index is 1.08. The standard InChI is InChI=1S/C32H35ClN4O6/c1-40-31(39)28-14-25(10-12-42-28)43-32-34-27-15-26(33)29(35-30(27)36-32)24-8-6-23(7-9-24)22-4-2-20(3-5-22)16-37-17-21(18-37)19-41-13-11-38/h2-9,15,21,25,28,38H,10-14,16-19H2,1H3,(H,34,35,36)/t25?,28-/m0/s1. The largest absolute Gasteiger partial charge is 0.467 e. The van der Waals surface area contributed by atoms with E-state index in [0.29, 0.717) is 66.5 Å². The number of ether oxygens (including phenoxy) is 4. The van der Waals surface area contributed by atoms with Crippen LogP contribution in [0, 0.1) is 5.92 Å². The van der Waals surface area contributed by atoms with Crippen molar-refractivity contribution in [2.24, 2.45) is 5.92 Å². The van der Waals surface area contributed by atoms with Crippen LogP contribution in [0.15, 0.2) is 54.6 Å². The Bertz CT molecular complexity index is 1540. The molecule has 2 aromatic heterocycles. The van der Waals surface area contributed by atoms with E-state index in [4.69, 9.17) is 40.6 Å². The number of likely N-dealkylation sites (tertiary alicyclic amines) is 1. The molecule has 2 fully saturated rings. The van der Waals surface area contributed by atoms with Crippen LogP contribution in [0.3, 0.4) is 0 Å². The molecule has 2 aromatic carbocycles. The first-order chi connectivity index (χ1) is 21.0. The van der Waals surface area contributed by atoms with E-state index >= 15 is 0 Å². The van der Waals surface area contributed by atoms with Gasteiger partial charge in [-0.25, -0.2) is 9.78 Å². The lowest BCUT2D eigenvalue weighted by molar-refractivity contribution is -0.160. The molecule has 0 saturated carbocycles. The van der Waals surface area contributed by atoms with Crippen molar-refractivity contribution in [3.8, 4) is 28.4 Å². The van der Waals surface area contributed by atoms with E-state index < -0.39 is 12.1 Å². The number of nitrogens with one attached hydrogen (secondary N) is 1. The number of aromatic nitrogens is 3. The number of pyridine rings is 1. The number of imidazole rings is 1. The van der Waals surface area contributed by atoms with E-state index in [1.807, 2.05) is 12.1 Å². The molecule has 0 aliphatic carbocycles. The van der Waals surface area contributed by atoms with Crippen LogP contribution in [0.4, 0.5) is 0 Å². The van der Waals surface area contributed by atoms with Crippen molar-refractivity contribution >= 4 is 28.7 Å². The summed E-state index contributed by atoms with van der Waals surface area (Å²) < 4.78 is 21.7. The number of hydrogen-bond acceptors (Lipinski definition) is 9. The maximum atomic E-state index is 11.9. The van der Waals surface area contributed by atoms with Crippen molar-refractivity contribution < 1.29 is 28.8 Å². The van der Waals surface area contributed by atoms with Crippen LogP contribution >= 0.6 is 11.6 Å². The minimum atomic E-state index is -0.642. The first kappa shape index (κ1) is 29.5. The van der Waals surface area contributed by atoms with E-state index in [0.717, 1.165) is 36.3 Å². The lowest BCUT2D eigenvalue weighted by Gasteiger charge is -2.39. The molecule has 2 N–H and O–H groups in total. The molecule has 0 bridgehead atoms. The molecule has 2 saturated heterocycles. The molecule has 0 spiro atoms. The zero-order valence-corrected chi connectivity index (χ0v) is 24.8. The average Bonchev–Trinajstić information content (AvgIpc) is 3.40. The molecule has 4 aromatic rings. The second kappa shape index (κ2) is 13.4. The molecule has 2 aliphatic heterocycles. The highest BCUT2D eigenvalue weighted by Gasteiger charge is 2.31. The summed E-state index contributed by atoms with van der Waals surface area (Å²) in [5.74, 6) is 0.147. The number of nitrogens with zero attached hydrogens (tertiary/aromatic N) is 3. The number of H-pyrrole nitrogens is 1. The Hall–Kier alpha value is -3.54. The highest BCUT2D eigenvalue weighted by molar-refractivity contribution is 6.33. The predicted octanol–water partition coefficient (Wildman–Crippen LogP) is 4.49. The number of carbonyl (C=O) groups is 1. The molecule has 11 heteroatoms. The third-order valence-electron chi connectivity index (χ3n) is 7.86. The molecule has 0 radical (unpaired) electrons. The van der Waals surface area contributed by atoms with Gasteiger partial charge >= 0.3 is 5.97 Å². The third-order valence-corrected chi connectivity index (χ3v) is 8.15. The van der Waals surface area contributed by atoms with Gasteiger partial charge in [0.1, 0.15) is 6.10 Å². The van der Waals surface area contributed by atoms with Crippen molar-refractivity contribution in [3.63, 3.8) is 0 Å². The summed E-state index contributed by atoms with van der Waals surface area (Å²) in [4.78, 5) is 26.6. The number of methoxy groups -OCH3 is 1. The van der Waals surface area contributed by atoms with Gasteiger partial charge in [-0.3, -0.25) is 4.90 Å². The Morgan fingerprint density at radius 3 is 2.53 bits per heavy atom. The Labute approximate surface area is 254 Å². The SMILES string of the molecule is COC(=O)[C@@H]1CC(Oc2nc3nc(-c4ccc(-c5ccc(CN6CC(COCCO)C6)cc5)cc4)c(Cl)cc3[nH]2)CCO1. The summed E-state index contributed by atoms with van der Waals surface area (Å²) in [6.07, 6.45) is 0.150. The van der Waals surface area contributed by atoms with Crippen LogP contribution < -0.4 is 4.74 Å². The summed E-state index contributed by atoms with van der Waals surface area (Å²) in [5, 5.41) is 9.34. The van der Waals surface area contributed by atoms with Crippen molar-refractivity contribution in [1.82, 2.24) is 19.9 Å². The smallest absolute Gasteiger partial charge is 0.335 e. The molecule has 1 unspecified atom stereocenters. The highest BCUT2D eigenvalue weighted by Crippen LogP contribution is 2.32. The van der Waals surface area contributed by atoms with Crippen LogP contribution in [0.25, 0.3) is 33.5 Å². The second-order valence-electron chi connectivity index (χ2n) is 11.0. The Morgan fingerprint density at radius 2 is 1.81 bits per heavy atom. The van der Waals surface area contributed by atoms with Gasteiger partial charge in [-0.05, 0) is 22.8 Å². The fourth-order valence-corrected chi connectivity index (χ4v) is 5.85. The first-order valence-electron chi connectivity index (χ1n) is 14.5. The minimum absolute atomic E-state index is 0.0773. The maximum absolute atomic E-state index is 11.9. The highest BCUT2D eigenvalue weighted by atomic mass is 35.5. The average molecular weight is 607 g/mol. The second-order valence-corrected chi connectivity index (χ2v) is 11.4. The lowest BCUT2D eigenvalue weighted by Crippen LogP contribution is -2.48. The van der Waals surface area contributed by atoms with Gasteiger partial charge in [0.25, 0.3) is 6.01 Å². The van der Waals surface area contributed by atoms with E-state index in [2.05, 4.69) is 51.3 Å². The molecule has 10 nitrogen and oxygen atoms in total. The van der Waals surface area contributed by atoms with Crippen molar-refractivity contribution in [2.45, 2.75) is 31.6 Å². The summed E-state index contributed by atoms with van der Waals surface area (Å²) in [6.45, 7) is 4.58. The molecule has 226 valence electrons. The van der Waals surface area contributed by atoms with E-state index in [1.165, 1.54) is 12.7 Å². The number of rotatable bonds is 11. The van der Waals surface area contributed by atoms with E-state index in [9.17, 15) is 4.79 Å². The van der Waals surface area contributed by atoms with E-state index in [-0.39, 0.29) is 12.7 Å². The van der Waals surface area contributed by atoms with Crippen LogP contribution in [-0.2, 0) is 25.5 Å². The quantitative estimate of drug-likeness (QED) is 0.188. The van der Waals surface area contributed by atoms with Crippen molar-refractivity contribution in [2.75, 3.05) is 46.6 Å². The number of aromatic amines is 1. The fraction of sp³-hybridized carbons (Fsp3) is 0.406. The molecule has 2 aliphatic rings. The first-order valence-corrected chi connectivity index (χ1v) is 14.9. The van der Waals surface area contributed by atoms with Gasteiger partial charge in [0.15, 0.2) is 11.8 Å². The number of benzene rings is 2. The normalized spacial score (nSPS) is 19.3. The predicted molar refractivity (Wildman–Crippen MR) is 162 cm³/mol. The van der Waals surface area contributed by atoms with Gasteiger partial charge in [0.2, 0.25) is 0 Å². The molecule has 43 heavy (non-hydrogen) atoms. The van der Waals surface area contributed by atoms with Gasteiger partial charge in [0.05, 0.1) is 49.8 Å². The zero-order chi connectivity index (χ0) is 29.8. The molecule has 6 rings (SSSR count). The van der Waals surface area contributed by atoms with Crippen LogP contribution in [0.2, 0.25) is 5.02 Å². The number of fused-ring (bicyclic) bond motifs is 1. The van der Waals surface area contributed by atoms with Gasteiger partial charge in [-0.2, -0.15) is 4.98 Å². The van der Waals surface area contributed by atoms with Gasteiger partial charge in [0, 0.05) is 44.0 Å². The number of halogens is 1. The monoisotopic (exact) mass is 606 g/mol. The number of esters is 1. The number of hydrogen-bond donors (Lipinski definition) is 2. The minimum Gasteiger partial charge on any atom is -0.467 e. The summed E-state index contributed by atoms with van der Waals surface area (Å²) >= 11 is 6.64. The van der Waals surface area contributed by atoms with E-state index in [1.54, 1.807) is 6.07 Å². The summed E-state index contributed by atoms with van der Waals surface area (Å²) in [5.41, 5.74) is 6.22. The number of aliphatic hydroxyl groups excluding tert-OH is 1. The molecule has 0 amide bonds. The summed E-state index contributed by atoms with van der Waals surface area (Å²) in [6, 6.07) is 19.0. The van der Waals surface area contributed by atoms with Gasteiger partial charge in [-0.15, -0.1) is 0 Å². The molecular weight excluding hydrogens is 572 g/mol. The van der Waals surface area contributed by atoms with Crippen LogP contribution in [0.1, 0.15) is 18.4 Å². The molecular formula is C32H35ClN4O6.